The summed E-state index contributed by atoms with van der Waals surface area (Å²) in [6, 6.07) is 5.48. The van der Waals surface area contributed by atoms with Gasteiger partial charge in [-0.3, -0.25) is 4.79 Å². The van der Waals surface area contributed by atoms with Gasteiger partial charge >= 0.3 is 0 Å². The summed E-state index contributed by atoms with van der Waals surface area (Å²) in [5.74, 6) is 2.52. The average Bonchev–Trinajstić information content (AvgIpc) is 2.39. The molecule has 2 rings (SSSR count). The fourth-order valence-electron chi connectivity index (χ4n) is 2.08. The number of ether oxygens (including phenoxy) is 1. The zero-order valence-corrected chi connectivity index (χ0v) is 11.3. The van der Waals surface area contributed by atoms with E-state index in [1.54, 1.807) is 18.2 Å². The molecule has 1 heterocycles. The van der Waals surface area contributed by atoms with Crippen molar-refractivity contribution < 1.29 is 9.53 Å². The number of benzene rings is 1. The third kappa shape index (κ3) is 2.90. The van der Waals surface area contributed by atoms with Gasteiger partial charge in [0.1, 0.15) is 0 Å². The van der Waals surface area contributed by atoms with E-state index in [-0.39, 0.29) is 11.9 Å². The number of nitrogens with one attached hydrogen (secondary N) is 1. The van der Waals surface area contributed by atoms with Crippen LogP contribution in [0.4, 0.5) is 5.69 Å². The number of nitrogen functional groups attached to an aromatic ring is 1. The Hall–Kier alpha value is -1.36. The van der Waals surface area contributed by atoms with Gasteiger partial charge < -0.3 is 15.8 Å². The molecule has 1 unspecified atom stereocenters. The van der Waals surface area contributed by atoms with Gasteiger partial charge in [0, 0.05) is 11.8 Å². The highest BCUT2D eigenvalue weighted by Crippen LogP contribution is 2.26. The zero-order valence-electron chi connectivity index (χ0n) is 10.4. The highest BCUT2D eigenvalue weighted by atomic mass is 32.2. The molecule has 98 valence electrons. The second kappa shape index (κ2) is 6.00. The molecule has 1 aromatic carbocycles. The first-order valence-electron chi connectivity index (χ1n) is 6.03. The van der Waals surface area contributed by atoms with Gasteiger partial charge in [0.2, 0.25) is 0 Å². The summed E-state index contributed by atoms with van der Waals surface area (Å²) < 4.78 is 5.20. The first-order chi connectivity index (χ1) is 8.72. The molecule has 1 fully saturated rings. The smallest absolute Gasteiger partial charge is 0.255 e. The van der Waals surface area contributed by atoms with Crippen LogP contribution in [0.5, 0.6) is 5.75 Å². The number of anilines is 1. The van der Waals surface area contributed by atoms with Crippen LogP contribution in [0.15, 0.2) is 18.2 Å². The first-order valence-corrected chi connectivity index (χ1v) is 7.19. The van der Waals surface area contributed by atoms with E-state index in [4.69, 9.17) is 10.5 Å². The van der Waals surface area contributed by atoms with E-state index >= 15 is 0 Å². The Labute approximate surface area is 111 Å². The second-order valence-electron chi connectivity index (χ2n) is 4.32. The maximum atomic E-state index is 12.2. The van der Waals surface area contributed by atoms with Crippen molar-refractivity contribution in [3.8, 4) is 5.75 Å². The summed E-state index contributed by atoms with van der Waals surface area (Å²) in [5.41, 5.74) is 6.79. The van der Waals surface area contributed by atoms with Gasteiger partial charge in [0.25, 0.3) is 5.91 Å². The summed E-state index contributed by atoms with van der Waals surface area (Å²) in [7, 11) is 1.53. The number of carbonyl (C=O) groups excluding carboxylic acids is 1. The largest absolute Gasteiger partial charge is 0.494 e. The van der Waals surface area contributed by atoms with Crippen LogP contribution >= 0.6 is 11.8 Å². The third-order valence-electron chi connectivity index (χ3n) is 2.99. The van der Waals surface area contributed by atoms with Gasteiger partial charge in [-0.05, 0) is 30.7 Å². The molecule has 0 radical (unpaired) electrons. The second-order valence-corrected chi connectivity index (χ2v) is 5.47. The number of hydrogen-bond donors (Lipinski definition) is 2. The Balaban J connectivity index is 2.10. The van der Waals surface area contributed by atoms with Gasteiger partial charge in [-0.2, -0.15) is 11.8 Å². The van der Waals surface area contributed by atoms with Gasteiger partial charge in [-0.15, -0.1) is 0 Å². The van der Waals surface area contributed by atoms with Crippen LogP contribution in [0.25, 0.3) is 0 Å². The monoisotopic (exact) mass is 266 g/mol. The van der Waals surface area contributed by atoms with Gasteiger partial charge in [-0.1, -0.05) is 6.07 Å². The molecule has 1 aliphatic rings. The Morgan fingerprint density at radius 3 is 3.06 bits per heavy atom. The van der Waals surface area contributed by atoms with Crippen LogP contribution in [0, 0.1) is 0 Å². The van der Waals surface area contributed by atoms with E-state index in [1.807, 2.05) is 11.8 Å². The van der Waals surface area contributed by atoms with Crippen LogP contribution in [-0.4, -0.2) is 30.6 Å². The van der Waals surface area contributed by atoms with Crippen molar-refractivity contribution >= 4 is 23.4 Å². The van der Waals surface area contributed by atoms with Crippen molar-refractivity contribution in [2.24, 2.45) is 0 Å². The van der Waals surface area contributed by atoms with Crippen LogP contribution in [0.2, 0.25) is 0 Å². The molecule has 1 saturated heterocycles. The molecule has 0 aromatic heterocycles. The van der Waals surface area contributed by atoms with Crippen molar-refractivity contribution in [2.45, 2.75) is 18.9 Å². The van der Waals surface area contributed by atoms with Crippen LogP contribution in [0.3, 0.4) is 0 Å². The van der Waals surface area contributed by atoms with Crippen molar-refractivity contribution in [2.75, 3.05) is 24.3 Å². The van der Waals surface area contributed by atoms with Crippen molar-refractivity contribution in [1.29, 1.82) is 0 Å². The molecule has 18 heavy (non-hydrogen) atoms. The Bertz CT molecular complexity index is 431. The van der Waals surface area contributed by atoms with Crippen LogP contribution in [-0.2, 0) is 0 Å². The van der Waals surface area contributed by atoms with Crippen molar-refractivity contribution in [1.82, 2.24) is 5.32 Å². The topological polar surface area (TPSA) is 64.3 Å². The minimum Gasteiger partial charge on any atom is -0.494 e. The number of rotatable bonds is 3. The minimum atomic E-state index is -0.105. The number of methoxy groups -OCH3 is 1. The van der Waals surface area contributed by atoms with E-state index < -0.39 is 0 Å². The van der Waals surface area contributed by atoms with Crippen LogP contribution in [0.1, 0.15) is 23.2 Å². The summed E-state index contributed by atoms with van der Waals surface area (Å²) in [6.45, 7) is 0. The number of carbonyl (C=O) groups is 1. The predicted molar refractivity (Wildman–Crippen MR) is 75.2 cm³/mol. The van der Waals surface area contributed by atoms with Crippen molar-refractivity contribution in [3.63, 3.8) is 0 Å². The fourth-order valence-corrected chi connectivity index (χ4v) is 3.15. The highest BCUT2D eigenvalue weighted by molar-refractivity contribution is 7.99. The molecule has 1 aliphatic heterocycles. The van der Waals surface area contributed by atoms with E-state index in [9.17, 15) is 4.79 Å². The maximum Gasteiger partial charge on any atom is 0.255 e. The lowest BCUT2D eigenvalue weighted by atomic mass is 10.1. The number of amides is 1. The molecule has 1 amide bonds. The molecule has 4 nitrogen and oxygen atoms in total. The summed E-state index contributed by atoms with van der Waals surface area (Å²) >= 11 is 1.88. The van der Waals surface area contributed by atoms with Gasteiger partial charge in [0.05, 0.1) is 18.4 Å². The minimum absolute atomic E-state index is 0.105. The fraction of sp³-hybridized carbons (Fsp3) is 0.462. The van der Waals surface area contributed by atoms with E-state index in [2.05, 4.69) is 5.32 Å². The number of thioether (sulfide) groups is 1. The molecule has 1 aromatic rings. The molecular weight excluding hydrogens is 248 g/mol. The van der Waals surface area contributed by atoms with Gasteiger partial charge in [0.15, 0.2) is 5.75 Å². The number of para-hydroxylation sites is 1. The van der Waals surface area contributed by atoms with E-state index in [0.29, 0.717) is 17.0 Å². The molecule has 5 heteroatoms. The van der Waals surface area contributed by atoms with Crippen LogP contribution < -0.4 is 15.8 Å². The first kappa shape index (κ1) is 13.1. The normalized spacial score (nSPS) is 19.3. The Kier molecular flexibility index (Phi) is 4.36. The maximum absolute atomic E-state index is 12.2. The number of nitrogens with two attached hydrogens (primary N) is 1. The zero-order chi connectivity index (χ0) is 13.0. The molecule has 0 bridgehead atoms. The molecule has 0 aliphatic carbocycles. The van der Waals surface area contributed by atoms with Gasteiger partial charge in [-0.25, -0.2) is 0 Å². The molecule has 1 atom stereocenters. The molecule has 3 N–H and O–H groups in total. The molecule has 0 spiro atoms. The molecule has 0 saturated carbocycles. The predicted octanol–water partition coefficient (Wildman–Crippen LogP) is 1.90. The van der Waals surface area contributed by atoms with Crippen molar-refractivity contribution in [3.05, 3.63) is 23.8 Å². The standard InChI is InChI=1S/C13H18N2O2S/c1-17-12-10(5-2-6-11(12)14)13(16)15-9-4-3-7-18-8-9/h2,5-6,9H,3-4,7-8,14H2,1H3,(H,15,16). The average molecular weight is 266 g/mol. The molecular formula is C13H18N2O2S. The summed E-state index contributed by atoms with van der Waals surface area (Å²) in [4.78, 5) is 12.2. The Morgan fingerprint density at radius 1 is 1.56 bits per heavy atom. The van der Waals surface area contributed by atoms with E-state index in [1.165, 1.54) is 12.9 Å². The lowest BCUT2D eigenvalue weighted by molar-refractivity contribution is 0.0935. The lowest BCUT2D eigenvalue weighted by Crippen LogP contribution is -2.38. The Morgan fingerprint density at radius 2 is 2.39 bits per heavy atom. The highest BCUT2D eigenvalue weighted by Gasteiger charge is 2.20. The number of hydrogen-bond acceptors (Lipinski definition) is 4. The summed E-state index contributed by atoms with van der Waals surface area (Å²) in [6.07, 6.45) is 2.20. The SMILES string of the molecule is COc1c(N)cccc1C(=O)NC1CCCSC1. The van der Waals surface area contributed by atoms with E-state index in [0.717, 1.165) is 18.6 Å². The lowest BCUT2D eigenvalue weighted by Gasteiger charge is -2.23. The third-order valence-corrected chi connectivity index (χ3v) is 4.21. The summed E-state index contributed by atoms with van der Waals surface area (Å²) in [5, 5.41) is 3.04. The quantitative estimate of drug-likeness (QED) is 0.820.